The van der Waals surface area contributed by atoms with Crippen LogP contribution in [-0.4, -0.2) is 27.3 Å². The highest BCUT2D eigenvalue weighted by Gasteiger charge is 2.25. The Morgan fingerprint density at radius 3 is 2.53 bits per heavy atom. The summed E-state index contributed by atoms with van der Waals surface area (Å²) in [5.74, 6) is 0.645. The Bertz CT molecular complexity index is 414. The van der Waals surface area contributed by atoms with E-state index in [0.717, 1.165) is 30.6 Å². The van der Waals surface area contributed by atoms with Crippen LogP contribution in [0.4, 0.5) is 4.39 Å². The molecule has 1 aromatic carbocycles. The lowest BCUT2D eigenvalue weighted by Gasteiger charge is -2.17. The maximum atomic E-state index is 14.3. The van der Waals surface area contributed by atoms with E-state index in [0.29, 0.717) is 5.75 Å². The minimum absolute atomic E-state index is 0.217. The van der Waals surface area contributed by atoms with Crippen molar-refractivity contribution < 1.29 is 13.9 Å². The summed E-state index contributed by atoms with van der Waals surface area (Å²) in [5.41, 5.74) is 1.64. The molecule has 0 saturated carbocycles. The lowest BCUT2D eigenvalue weighted by Crippen LogP contribution is -2.10. The fourth-order valence-corrected chi connectivity index (χ4v) is 2.43. The van der Waals surface area contributed by atoms with E-state index in [1.165, 1.54) is 14.2 Å². The van der Waals surface area contributed by atoms with Crippen LogP contribution in [0.1, 0.15) is 23.5 Å². The van der Waals surface area contributed by atoms with Gasteiger partial charge in [-0.2, -0.15) is 0 Å². The quantitative estimate of drug-likeness (QED) is 0.877. The Hall–Kier alpha value is -1.29. The molecular formula is C13H18FNO2. The van der Waals surface area contributed by atoms with Gasteiger partial charge in [0.25, 0.3) is 0 Å². The number of hydrogen-bond donors (Lipinski definition) is 1. The van der Waals surface area contributed by atoms with Crippen LogP contribution >= 0.6 is 0 Å². The molecule has 0 radical (unpaired) electrons. The first-order valence-electron chi connectivity index (χ1n) is 5.80. The second-order valence-electron chi connectivity index (χ2n) is 4.35. The van der Waals surface area contributed by atoms with E-state index < -0.39 is 0 Å². The van der Waals surface area contributed by atoms with E-state index in [2.05, 4.69) is 5.32 Å². The summed E-state index contributed by atoms with van der Waals surface area (Å²) >= 11 is 0. The standard InChI is InChI=1S/C13H18FNO2/c1-8-6-10(9-4-5-15-7-9)11(14)13(17-3)12(8)16-2/h6,9,15H,4-5,7H2,1-3H3. The third kappa shape index (κ3) is 2.09. The molecule has 4 heteroatoms. The Labute approximate surface area is 101 Å². The third-order valence-corrected chi connectivity index (χ3v) is 3.30. The summed E-state index contributed by atoms with van der Waals surface area (Å²) in [6, 6.07) is 1.87. The van der Waals surface area contributed by atoms with Gasteiger partial charge in [-0.25, -0.2) is 4.39 Å². The van der Waals surface area contributed by atoms with Crippen LogP contribution in [0.2, 0.25) is 0 Å². The first-order chi connectivity index (χ1) is 8.19. The van der Waals surface area contributed by atoms with Crippen LogP contribution in [0.15, 0.2) is 6.07 Å². The summed E-state index contributed by atoms with van der Waals surface area (Å²) in [4.78, 5) is 0. The molecule has 1 aromatic rings. The van der Waals surface area contributed by atoms with E-state index in [1.807, 2.05) is 13.0 Å². The van der Waals surface area contributed by atoms with Gasteiger partial charge < -0.3 is 14.8 Å². The minimum Gasteiger partial charge on any atom is -0.492 e. The molecule has 0 spiro atoms. The van der Waals surface area contributed by atoms with E-state index in [4.69, 9.17) is 9.47 Å². The molecule has 3 nitrogen and oxygen atoms in total. The predicted molar refractivity (Wildman–Crippen MR) is 64.5 cm³/mol. The number of methoxy groups -OCH3 is 2. The van der Waals surface area contributed by atoms with Crippen LogP contribution in [0.5, 0.6) is 11.5 Å². The SMILES string of the molecule is COc1c(C)cc(C2CCNC2)c(F)c1OC. The molecule has 1 heterocycles. The van der Waals surface area contributed by atoms with Crippen LogP contribution in [0.3, 0.4) is 0 Å². The summed E-state index contributed by atoms with van der Waals surface area (Å²) in [7, 11) is 3.00. The fourth-order valence-electron chi connectivity index (χ4n) is 2.43. The Morgan fingerprint density at radius 2 is 2.00 bits per heavy atom. The van der Waals surface area contributed by atoms with Gasteiger partial charge >= 0.3 is 0 Å². The van der Waals surface area contributed by atoms with Crippen LogP contribution < -0.4 is 14.8 Å². The highest BCUT2D eigenvalue weighted by atomic mass is 19.1. The normalized spacial score (nSPS) is 19.4. The van der Waals surface area contributed by atoms with Crippen LogP contribution in [-0.2, 0) is 0 Å². The zero-order chi connectivity index (χ0) is 12.4. The molecule has 0 amide bonds. The maximum absolute atomic E-state index is 14.3. The van der Waals surface area contributed by atoms with E-state index >= 15 is 0 Å². The summed E-state index contributed by atoms with van der Waals surface area (Å²) in [5, 5.41) is 3.24. The number of benzene rings is 1. The van der Waals surface area contributed by atoms with E-state index in [1.54, 1.807) is 0 Å². The molecule has 0 bridgehead atoms. The average molecular weight is 239 g/mol. The summed E-state index contributed by atoms with van der Waals surface area (Å²) < 4.78 is 24.6. The second kappa shape index (κ2) is 4.92. The van der Waals surface area contributed by atoms with Crippen molar-refractivity contribution in [3.05, 3.63) is 23.0 Å². The summed E-state index contributed by atoms with van der Waals surface area (Å²) in [6.45, 7) is 3.68. The van der Waals surface area contributed by atoms with E-state index in [-0.39, 0.29) is 17.5 Å². The molecule has 1 unspecified atom stereocenters. The molecule has 0 aliphatic carbocycles. The Balaban J connectivity index is 2.50. The number of halogens is 1. The molecule has 1 aliphatic heterocycles. The van der Waals surface area contributed by atoms with Gasteiger partial charge in [-0.15, -0.1) is 0 Å². The van der Waals surface area contributed by atoms with Gasteiger partial charge in [0.1, 0.15) is 0 Å². The summed E-state index contributed by atoms with van der Waals surface area (Å²) in [6.07, 6.45) is 0.964. The molecule has 94 valence electrons. The number of rotatable bonds is 3. The topological polar surface area (TPSA) is 30.5 Å². The number of ether oxygens (including phenoxy) is 2. The van der Waals surface area contributed by atoms with Gasteiger partial charge in [-0.1, -0.05) is 0 Å². The van der Waals surface area contributed by atoms with Gasteiger partial charge in [0.15, 0.2) is 17.3 Å². The van der Waals surface area contributed by atoms with Crippen molar-refractivity contribution in [2.24, 2.45) is 0 Å². The molecule has 2 rings (SSSR count). The van der Waals surface area contributed by atoms with Crippen molar-refractivity contribution in [1.29, 1.82) is 0 Å². The monoisotopic (exact) mass is 239 g/mol. The third-order valence-electron chi connectivity index (χ3n) is 3.30. The first kappa shape index (κ1) is 12.2. The molecular weight excluding hydrogens is 221 g/mol. The predicted octanol–water partition coefficient (Wildman–Crippen LogP) is 2.23. The van der Waals surface area contributed by atoms with Crippen LogP contribution in [0, 0.1) is 12.7 Å². The van der Waals surface area contributed by atoms with Crippen molar-refractivity contribution in [1.82, 2.24) is 5.32 Å². The van der Waals surface area contributed by atoms with Gasteiger partial charge in [0.2, 0.25) is 0 Å². The fraction of sp³-hybridized carbons (Fsp3) is 0.538. The van der Waals surface area contributed by atoms with Crippen molar-refractivity contribution in [2.45, 2.75) is 19.3 Å². The first-order valence-corrected chi connectivity index (χ1v) is 5.80. The largest absolute Gasteiger partial charge is 0.492 e. The van der Waals surface area contributed by atoms with Crippen molar-refractivity contribution in [2.75, 3.05) is 27.3 Å². The average Bonchev–Trinajstić information content (AvgIpc) is 2.84. The maximum Gasteiger partial charge on any atom is 0.197 e. The van der Waals surface area contributed by atoms with Crippen molar-refractivity contribution in [3.63, 3.8) is 0 Å². The number of aryl methyl sites for hydroxylation is 1. The Kier molecular flexibility index (Phi) is 3.52. The lowest BCUT2D eigenvalue weighted by molar-refractivity contribution is 0.333. The molecule has 1 aliphatic rings. The number of nitrogens with one attached hydrogen (secondary N) is 1. The van der Waals surface area contributed by atoms with Crippen molar-refractivity contribution in [3.8, 4) is 11.5 Å². The minimum atomic E-state index is -0.288. The van der Waals surface area contributed by atoms with Gasteiger partial charge in [0.05, 0.1) is 14.2 Å². The zero-order valence-corrected chi connectivity index (χ0v) is 10.5. The molecule has 1 saturated heterocycles. The smallest absolute Gasteiger partial charge is 0.197 e. The van der Waals surface area contributed by atoms with Crippen molar-refractivity contribution >= 4 is 0 Å². The van der Waals surface area contributed by atoms with E-state index in [9.17, 15) is 4.39 Å². The van der Waals surface area contributed by atoms with Gasteiger partial charge in [0, 0.05) is 12.5 Å². The zero-order valence-electron chi connectivity index (χ0n) is 10.5. The highest BCUT2D eigenvalue weighted by Crippen LogP contribution is 2.39. The van der Waals surface area contributed by atoms with Gasteiger partial charge in [-0.3, -0.25) is 0 Å². The molecule has 17 heavy (non-hydrogen) atoms. The molecule has 1 fully saturated rings. The number of hydrogen-bond acceptors (Lipinski definition) is 3. The van der Waals surface area contributed by atoms with Crippen LogP contribution in [0.25, 0.3) is 0 Å². The molecule has 1 atom stereocenters. The highest BCUT2D eigenvalue weighted by molar-refractivity contribution is 5.51. The second-order valence-corrected chi connectivity index (χ2v) is 4.35. The lowest BCUT2D eigenvalue weighted by atomic mass is 9.95. The molecule has 0 aromatic heterocycles. The van der Waals surface area contributed by atoms with Gasteiger partial charge in [-0.05, 0) is 37.1 Å². The Morgan fingerprint density at radius 1 is 1.29 bits per heavy atom. The molecule has 1 N–H and O–H groups in total.